The van der Waals surface area contributed by atoms with Gasteiger partial charge in [0.05, 0.1) is 12.0 Å². The van der Waals surface area contributed by atoms with Crippen molar-refractivity contribution >= 4 is 5.97 Å². The Morgan fingerprint density at radius 2 is 2.27 bits per heavy atom. The van der Waals surface area contributed by atoms with Gasteiger partial charge < -0.3 is 9.47 Å². The lowest BCUT2D eigenvalue weighted by molar-refractivity contribution is -0.148. The lowest BCUT2D eigenvalue weighted by atomic mass is 10.0. The zero-order chi connectivity index (χ0) is 7.42. The van der Waals surface area contributed by atoms with Crippen LogP contribution in [0.5, 0.6) is 0 Å². The zero-order valence-electron chi connectivity index (χ0n) is 6.16. The molecule has 0 aliphatic carbocycles. The average Bonchev–Trinajstić information content (AvgIpc) is 2.45. The van der Waals surface area contributed by atoms with E-state index in [1.807, 2.05) is 0 Å². The minimum absolute atomic E-state index is 0.0257. The fraction of sp³-hybridized carbons (Fsp3) is 0.875. The number of rotatable bonds is 0. The minimum atomic E-state index is -0.0257. The largest absolute Gasteiger partial charge is 0.459 e. The lowest BCUT2D eigenvalue weighted by Crippen LogP contribution is -2.30. The third-order valence-electron chi connectivity index (χ3n) is 2.97. The summed E-state index contributed by atoms with van der Waals surface area (Å²) in [5, 5.41) is 0. The van der Waals surface area contributed by atoms with Crippen molar-refractivity contribution in [2.24, 2.45) is 5.92 Å². The molecule has 0 radical (unpaired) electrons. The molecule has 0 aromatic rings. The Morgan fingerprint density at radius 3 is 3.18 bits per heavy atom. The molecular weight excluding hydrogens is 144 g/mol. The van der Waals surface area contributed by atoms with Crippen LogP contribution in [0.15, 0.2) is 0 Å². The second kappa shape index (κ2) is 1.78. The van der Waals surface area contributed by atoms with Crippen LogP contribution in [-0.4, -0.2) is 24.3 Å². The molecule has 0 spiro atoms. The van der Waals surface area contributed by atoms with Gasteiger partial charge in [0, 0.05) is 0 Å². The van der Waals surface area contributed by atoms with Crippen molar-refractivity contribution in [2.75, 3.05) is 0 Å². The van der Waals surface area contributed by atoms with Crippen LogP contribution in [0.3, 0.4) is 0 Å². The van der Waals surface area contributed by atoms with Crippen LogP contribution in [0.2, 0.25) is 0 Å². The second-order valence-electron chi connectivity index (χ2n) is 3.62. The summed E-state index contributed by atoms with van der Waals surface area (Å²) in [4.78, 5) is 11.1. The van der Waals surface area contributed by atoms with E-state index in [0.717, 1.165) is 19.3 Å². The van der Waals surface area contributed by atoms with E-state index < -0.39 is 0 Å². The van der Waals surface area contributed by atoms with E-state index in [2.05, 4.69) is 0 Å². The molecule has 11 heavy (non-hydrogen) atoms. The first-order chi connectivity index (χ1) is 5.34. The van der Waals surface area contributed by atoms with Crippen molar-refractivity contribution in [3.05, 3.63) is 0 Å². The second-order valence-corrected chi connectivity index (χ2v) is 3.62. The van der Waals surface area contributed by atoms with E-state index >= 15 is 0 Å². The fourth-order valence-electron chi connectivity index (χ4n) is 2.43. The van der Waals surface area contributed by atoms with Crippen LogP contribution in [0, 0.1) is 5.92 Å². The van der Waals surface area contributed by atoms with Gasteiger partial charge in [0.2, 0.25) is 0 Å². The lowest BCUT2D eigenvalue weighted by Gasteiger charge is -2.24. The van der Waals surface area contributed by atoms with Gasteiger partial charge in [0.1, 0.15) is 12.2 Å². The number of hydrogen-bond acceptors (Lipinski definition) is 3. The average molecular weight is 154 g/mol. The highest BCUT2D eigenvalue weighted by molar-refractivity contribution is 5.76. The fourth-order valence-corrected chi connectivity index (χ4v) is 2.43. The van der Waals surface area contributed by atoms with E-state index in [4.69, 9.17) is 9.47 Å². The third-order valence-corrected chi connectivity index (χ3v) is 2.97. The topological polar surface area (TPSA) is 35.5 Å². The first kappa shape index (κ1) is 6.00. The smallest absolute Gasteiger partial charge is 0.312 e. The molecular formula is C8H10O3. The van der Waals surface area contributed by atoms with Gasteiger partial charge >= 0.3 is 5.97 Å². The normalized spacial score (nSPS) is 52.9. The first-order valence-corrected chi connectivity index (χ1v) is 4.20. The Labute approximate surface area is 64.7 Å². The molecule has 3 rings (SSSR count). The predicted octanol–water partition coefficient (Wildman–Crippen LogP) is 0.479. The molecule has 3 fully saturated rings. The molecule has 3 aliphatic rings. The molecule has 4 unspecified atom stereocenters. The summed E-state index contributed by atoms with van der Waals surface area (Å²) in [6.07, 6.45) is 3.55. The van der Waals surface area contributed by atoms with E-state index in [-0.39, 0.29) is 24.1 Å². The minimum Gasteiger partial charge on any atom is -0.459 e. The van der Waals surface area contributed by atoms with E-state index in [1.165, 1.54) is 0 Å². The van der Waals surface area contributed by atoms with Gasteiger partial charge in [-0.3, -0.25) is 4.79 Å². The van der Waals surface area contributed by atoms with Crippen molar-refractivity contribution in [2.45, 2.75) is 37.6 Å². The number of fused-ring (bicyclic) bond motifs is 1. The summed E-state index contributed by atoms with van der Waals surface area (Å²) in [6, 6.07) is 0. The van der Waals surface area contributed by atoms with E-state index in [0.29, 0.717) is 6.10 Å². The van der Waals surface area contributed by atoms with Crippen LogP contribution in [-0.2, 0) is 14.3 Å². The summed E-state index contributed by atoms with van der Waals surface area (Å²) < 4.78 is 10.8. The van der Waals surface area contributed by atoms with Crippen LogP contribution < -0.4 is 0 Å². The van der Waals surface area contributed by atoms with Crippen molar-refractivity contribution in [1.29, 1.82) is 0 Å². The predicted molar refractivity (Wildman–Crippen MR) is 35.9 cm³/mol. The molecule has 3 aliphatic heterocycles. The molecule has 3 heterocycles. The summed E-state index contributed by atoms with van der Waals surface area (Å²) in [7, 11) is 0. The molecule has 3 heteroatoms. The number of ether oxygens (including phenoxy) is 2. The number of carbonyl (C=O) groups excluding carboxylic acids is 1. The van der Waals surface area contributed by atoms with Gasteiger partial charge in [0.15, 0.2) is 0 Å². The van der Waals surface area contributed by atoms with Crippen molar-refractivity contribution in [3.63, 3.8) is 0 Å². The Hall–Kier alpha value is -0.570. The maximum absolute atomic E-state index is 11.1. The highest BCUT2D eigenvalue weighted by atomic mass is 16.6. The highest BCUT2D eigenvalue weighted by Crippen LogP contribution is 2.43. The molecule has 2 bridgehead atoms. The van der Waals surface area contributed by atoms with E-state index in [1.54, 1.807) is 0 Å². The summed E-state index contributed by atoms with van der Waals surface area (Å²) in [5.41, 5.74) is 0. The standard InChI is InChI=1S/C8H10O3/c9-8-5-3-4-1-2-6(11-8)7(5)10-4/h4-7H,1-3H2. The molecule has 0 aromatic carbocycles. The van der Waals surface area contributed by atoms with Crippen molar-refractivity contribution < 1.29 is 14.3 Å². The zero-order valence-corrected chi connectivity index (χ0v) is 6.16. The van der Waals surface area contributed by atoms with Gasteiger partial charge in [-0.1, -0.05) is 0 Å². The van der Waals surface area contributed by atoms with Gasteiger partial charge in [0.25, 0.3) is 0 Å². The highest BCUT2D eigenvalue weighted by Gasteiger charge is 2.54. The number of hydrogen-bond donors (Lipinski definition) is 0. The van der Waals surface area contributed by atoms with Crippen LogP contribution in [0.25, 0.3) is 0 Å². The quantitative estimate of drug-likeness (QED) is 0.476. The molecule has 0 N–H and O–H groups in total. The molecule has 3 saturated heterocycles. The monoisotopic (exact) mass is 154 g/mol. The number of carbonyl (C=O) groups is 1. The maximum Gasteiger partial charge on any atom is 0.312 e. The van der Waals surface area contributed by atoms with Crippen molar-refractivity contribution in [3.8, 4) is 0 Å². The molecule has 0 aromatic heterocycles. The summed E-state index contributed by atoms with van der Waals surface area (Å²) in [5.74, 6) is 0.0506. The molecule has 4 atom stereocenters. The summed E-state index contributed by atoms with van der Waals surface area (Å²) >= 11 is 0. The van der Waals surface area contributed by atoms with Gasteiger partial charge in [-0.05, 0) is 19.3 Å². The van der Waals surface area contributed by atoms with Crippen LogP contribution in [0.1, 0.15) is 19.3 Å². The maximum atomic E-state index is 11.1. The SMILES string of the molecule is O=C1OC2CCC3CC1C2O3. The first-order valence-electron chi connectivity index (χ1n) is 4.20. The van der Waals surface area contributed by atoms with E-state index in [9.17, 15) is 4.79 Å². The Bertz CT molecular complexity index is 213. The Morgan fingerprint density at radius 1 is 1.36 bits per heavy atom. The Kier molecular flexibility index (Phi) is 0.969. The van der Waals surface area contributed by atoms with Gasteiger partial charge in [-0.25, -0.2) is 0 Å². The Balaban J connectivity index is 1.98. The number of esters is 1. The van der Waals surface area contributed by atoms with Crippen LogP contribution >= 0.6 is 0 Å². The molecule has 60 valence electrons. The molecule has 0 amide bonds. The van der Waals surface area contributed by atoms with Gasteiger partial charge in [-0.15, -0.1) is 0 Å². The third kappa shape index (κ3) is 0.644. The summed E-state index contributed by atoms with van der Waals surface area (Å²) in [6.45, 7) is 0. The molecule has 3 nitrogen and oxygen atoms in total. The van der Waals surface area contributed by atoms with Crippen molar-refractivity contribution in [1.82, 2.24) is 0 Å². The van der Waals surface area contributed by atoms with Crippen LogP contribution in [0.4, 0.5) is 0 Å². The van der Waals surface area contributed by atoms with Gasteiger partial charge in [-0.2, -0.15) is 0 Å². The molecule has 0 saturated carbocycles.